The van der Waals surface area contributed by atoms with Crippen molar-refractivity contribution in [3.05, 3.63) is 42.0 Å². The van der Waals surface area contributed by atoms with Crippen molar-refractivity contribution in [2.24, 2.45) is 0 Å². The van der Waals surface area contributed by atoms with Crippen LogP contribution in [0.5, 0.6) is 5.75 Å². The van der Waals surface area contributed by atoms with E-state index in [0.717, 1.165) is 12.8 Å². The molecule has 0 unspecified atom stereocenters. The number of benzene rings is 1. The number of unbranched alkanes of at least 4 members (excludes halogenated alkanes) is 5. The Morgan fingerprint density at radius 2 is 1.86 bits per heavy atom. The fraction of sp³-hybridized carbons (Fsp3) is 0.526. The lowest BCUT2D eigenvalue weighted by atomic mass is 10.1. The predicted octanol–water partition coefficient (Wildman–Crippen LogP) is 5.16. The third-order valence-electron chi connectivity index (χ3n) is 3.43. The van der Waals surface area contributed by atoms with E-state index in [1.54, 1.807) is 18.2 Å². The highest BCUT2D eigenvalue weighted by atomic mass is 16.5. The molecule has 0 amide bonds. The molecule has 1 rings (SSSR count). The van der Waals surface area contributed by atoms with E-state index in [-0.39, 0.29) is 5.97 Å². The van der Waals surface area contributed by atoms with Gasteiger partial charge in [-0.15, -0.1) is 0 Å². The summed E-state index contributed by atoms with van der Waals surface area (Å²) >= 11 is 0. The van der Waals surface area contributed by atoms with E-state index in [1.807, 2.05) is 6.07 Å². The molecule has 1 aromatic rings. The molecule has 0 aromatic heterocycles. The first-order valence-corrected chi connectivity index (χ1v) is 8.24. The summed E-state index contributed by atoms with van der Waals surface area (Å²) in [6, 6.07) is 7.10. The number of carbonyl (C=O) groups excluding carboxylic acids is 1. The Balaban J connectivity index is 2.14. The number of carbonyl (C=O) groups is 1. The largest absolute Gasteiger partial charge is 0.494 e. The lowest BCUT2D eigenvalue weighted by molar-refractivity contribution is 0.0600. The molecule has 0 spiro atoms. The number of rotatable bonds is 11. The van der Waals surface area contributed by atoms with Crippen LogP contribution in [-0.2, 0) is 4.74 Å². The minimum absolute atomic E-state index is 0.337. The lowest BCUT2D eigenvalue weighted by Crippen LogP contribution is -2.02. The molecule has 0 fully saturated rings. The molecule has 1 aromatic carbocycles. The SMILES string of the molecule is CCCCCC/C=C\CCCOc1cccc(C(=O)OC)c1. The molecule has 0 heterocycles. The van der Waals surface area contributed by atoms with Crippen molar-refractivity contribution in [2.45, 2.75) is 51.9 Å². The molecule has 0 aliphatic heterocycles. The van der Waals surface area contributed by atoms with Crippen molar-refractivity contribution in [2.75, 3.05) is 13.7 Å². The number of methoxy groups -OCH3 is 1. The average molecular weight is 304 g/mol. The number of hydrogen-bond donors (Lipinski definition) is 0. The Bertz CT molecular complexity index is 452. The lowest BCUT2D eigenvalue weighted by Gasteiger charge is -2.06. The van der Waals surface area contributed by atoms with E-state index in [4.69, 9.17) is 9.47 Å². The first-order chi connectivity index (χ1) is 10.8. The van der Waals surface area contributed by atoms with Gasteiger partial charge in [-0.05, 0) is 43.9 Å². The first kappa shape index (κ1) is 18.3. The summed E-state index contributed by atoms with van der Waals surface area (Å²) in [5, 5.41) is 0. The highest BCUT2D eigenvalue weighted by molar-refractivity contribution is 5.89. The molecule has 122 valence electrons. The van der Waals surface area contributed by atoms with Crippen LogP contribution in [0.2, 0.25) is 0 Å². The van der Waals surface area contributed by atoms with Gasteiger partial charge in [-0.1, -0.05) is 44.4 Å². The summed E-state index contributed by atoms with van der Waals surface area (Å²) in [5.41, 5.74) is 0.520. The van der Waals surface area contributed by atoms with Crippen LogP contribution in [0.1, 0.15) is 62.2 Å². The Kier molecular flexibility index (Phi) is 9.84. The van der Waals surface area contributed by atoms with E-state index < -0.39 is 0 Å². The van der Waals surface area contributed by atoms with Crippen molar-refractivity contribution in [3.8, 4) is 5.75 Å². The van der Waals surface area contributed by atoms with Crippen LogP contribution in [0.4, 0.5) is 0 Å². The van der Waals surface area contributed by atoms with Crippen molar-refractivity contribution in [1.29, 1.82) is 0 Å². The fourth-order valence-corrected chi connectivity index (χ4v) is 2.15. The van der Waals surface area contributed by atoms with Gasteiger partial charge in [0.25, 0.3) is 0 Å². The molecule has 0 saturated carbocycles. The summed E-state index contributed by atoms with van der Waals surface area (Å²) in [7, 11) is 1.38. The number of allylic oxidation sites excluding steroid dienone is 2. The van der Waals surface area contributed by atoms with Gasteiger partial charge >= 0.3 is 5.97 Å². The minimum Gasteiger partial charge on any atom is -0.494 e. The maximum Gasteiger partial charge on any atom is 0.337 e. The summed E-state index contributed by atoms with van der Waals surface area (Å²) in [6.45, 7) is 2.89. The van der Waals surface area contributed by atoms with Gasteiger partial charge in [-0.25, -0.2) is 4.79 Å². The Morgan fingerprint density at radius 1 is 1.09 bits per heavy atom. The second kappa shape index (κ2) is 11.8. The first-order valence-electron chi connectivity index (χ1n) is 8.24. The third-order valence-corrected chi connectivity index (χ3v) is 3.43. The molecule has 0 atom stereocenters. The van der Waals surface area contributed by atoms with Crippen LogP contribution in [0.25, 0.3) is 0 Å². The maximum absolute atomic E-state index is 11.4. The van der Waals surface area contributed by atoms with Gasteiger partial charge in [-0.3, -0.25) is 0 Å². The molecule has 22 heavy (non-hydrogen) atoms. The molecule has 3 nitrogen and oxygen atoms in total. The molecule has 0 aliphatic rings. The highest BCUT2D eigenvalue weighted by Crippen LogP contribution is 2.14. The van der Waals surface area contributed by atoms with Crippen molar-refractivity contribution in [3.63, 3.8) is 0 Å². The average Bonchev–Trinajstić information content (AvgIpc) is 2.56. The van der Waals surface area contributed by atoms with Crippen molar-refractivity contribution < 1.29 is 14.3 Å². The summed E-state index contributed by atoms with van der Waals surface area (Å²) < 4.78 is 10.4. The van der Waals surface area contributed by atoms with Gasteiger partial charge in [0, 0.05) is 0 Å². The van der Waals surface area contributed by atoms with Gasteiger partial charge in [0.05, 0.1) is 19.3 Å². The van der Waals surface area contributed by atoms with Gasteiger partial charge in [0.15, 0.2) is 0 Å². The van der Waals surface area contributed by atoms with E-state index in [1.165, 1.54) is 39.2 Å². The summed E-state index contributed by atoms with van der Waals surface area (Å²) in [5.74, 6) is 0.378. The molecule has 0 N–H and O–H groups in total. The number of ether oxygens (including phenoxy) is 2. The molecule has 0 radical (unpaired) electrons. The smallest absolute Gasteiger partial charge is 0.337 e. The van der Waals surface area contributed by atoms with Gasteiger partial charge in [0.2, 0.25) is 0 Å². The zero-order valence-corrected chi connectivity index (χ0v) is 13.8. The van der Waals surface area contributed by atoms with E-state index in [0.29, 0.717) is 17.9 Å². The highest BCUT2D eigenvalue weighted by Gasteiger charge is 2.05. The van der Waals surface area contributed by atoms with Crippen LogP contribution in [-0.4, -0.2) is 19.7 Å². The van der Waals surface area contributed by atoms with Gasteiger partial charge < -0.3 is 9.47 Å². The van der Waals surface area contributed by atoms with Gasteiger partial charge in [0.1, 0.15) is 5.75 Å². The van der Waals surface area contributed by atoms with Crippen LogP contribution in [0, 0.1) is 0 Å². The molecule has 0 saturated heterocycles. The second-order valence-corrected chi connectivity index (χ2v) is 5.33. The quantitative estimate of drug-likeness (QED) is 0.322. The molecule has 3 heteroatoms. The van der Waals surface area contributed by atoms with Crippen molar-refractivity contribution in [1.82, 2.24) is 0 Å². The number of esters is 1. The molecule has 0 aliphatic carbocycles. The Morgan fingerprint density at radius 3 is 2.59 bits per heavy atom. The van der Waals surface area contributed by atoms with E-state index >= 15 is 0 Å². The Labute approximate surface area is 134 Å². The zero-order valence-electron chi connectivity index (χ0n) is 13.8. The van der Waals surface area contributed by atoms with E-state index in [9.17, 15) is 4.79 Å². The van der Waals surface area contributed by atoms with Crippen LogP contribution < -0.4 is 4.74 Å². The third kappa shape index (κ3) is 7.87. The topological polar surface area (TPSA) is 35.5 Å². The monoisotopic (exact) mass is 304 g/mol. The summed E-state index contributed by atoms with van der Waals surface area (Å²) in [6.07, 6.45) is 13.0. The summed E-state index contributed by atoms with van der Waals surface area (Å²) in [4.78, 5) is 11.4. The predicted molar refractivity (Wildman–Crippen MR) is 90.4 cm³/mol. The van der Waals surface area contributed by atoms with Crippen LogP contribution >= 0.6 is 0 Å². The van der Waals surface area contributed by atoms with Gasteiger partial charge in [-0.2, -0.15) is 0 Å². The Hall–Kier alpha value is -1.77. The molecular formula is C19H28O3. The molecular weight excluding hydrogens is 276 g/mol. The van der Waals surface area contributed by atoms with Crippen LogP contribution in [0.3, 0.4) is 0 Å². The van der Waals surface area contributed by atoms with Crippen LogP contribution in [0.15, 0.2) is 36.4 Å². The minimum atomic E-state index is -0.337. The molecule has 0 bridgehead atoms. The number of hydrogen-bond acceptors (Lipinski definition) is 3. The second-order valence-electron chi connectivity index (χ2n) is 5.33. The zero-order chi connectivity index (χ0) is 16.0. The standard InChI is InChI=1S/C19H28O3/c1-3-4-5-6-7-8-9-10-11-15-22-18-14-12-13-17(16-18)19(20)21-2/h8-9,12-14,16H,3-7,10-11,15H2,1-2H3/b9-8-. The van der Waals surface area contributed by atoms with Crippen molar-refractivity contribution >= 4 is 5.97 Å². The normalized spacial score (nSPS) is 10.8. The maximum atomic E-state index is 11.4. The fourth-order valence-electron chi connectivity index (χ4n) is 2.15. The van der Waals surface area contributed by atoms with E-state index in [2.05, 4.69) is 19.1 Å².